The van der Waals surface area contributed by atoms with Crippen molar-refractivity contribution in [1.29, 1.82) is 0 Å². The van der Waals surface area contributed by atoms with Crippen molar-refractivity contribution < 1.29 is 4.79 Å². The number of imidazole rings is 1. The van der Waals surface area contributed by atoms with Crippen molar-refractivity contribution in [2.45, 2.75) is 31.3 Å². The largest absolute Gasteiger partial charge is 0.347 e. The highest BCUT2D eigenvalue weighted by atomic mass is 35.5. The molecule has 0 spiro atoms. The molecular formula is C30H28ClN3OS. The fourth-order valence-electron chi connectivity index (χ4n) is 4.90. The van der Waals surface area contributed by atoms with Crippen LogP contribution in [0.15, 0.2) is 95.9 Å². The lowest BCUT2D eigenvalue weighted by molar-refractivity contribution is -0.112. The van der Waals surface area contributed by atoms with Gasteiger partial charge in [-0.2, -0.15) is 0 Å². The Bertz CT molecular complexity index is 1470. The van der Waals surface area contributed by atoms with Crippen LogP contribution < -0.4 is 4.90 Å². The maximum Gasteiger partial charge on any atom is 0.173 e. The van der Waals surface area contributed by atoms with Crippen LogP contribution in [-0.2, 0) is 10.2 Å². The van der Waals surface area contributed by atoms with E-state index in [2.05, 4.69) is 60.6 Å². The van der Waals surface area contributed by atoms with Gasteiger partial charge in [-0.3, -0.25) is 9.36 Å². The molecule has 0 saturated heterocycles. The highest BCUT2D eigenvalue weighted by Crippen LogP contribution is 2.46. The Labute approximate surface area is 221 Å². The summed E-state index contributed by atoms with van der Waals surface area (Å²) < 4.78 is 2.13. The summed E-state index contributed by atoms with van der Waals surface area (Å²) in [6.07, 6.45) is 3.67. The van der Waals surface area contributed by atoms with Crippen LogP contribution in [0.25, 0.3) is 16.9 Å². The summed E-state index contributed by atoms with van der Waals surface area (Å²) in [4.78, 5) is 20.1. The smallest absolute Gasteiger partial charge is 0.173 e. The molecule has 0 unspecified atom stereocenters. The Morgan fingerprint density at radius 2 is 1.67 bits per heavy atom. The first-order valence-electron chi connectivity index (χ1n) is 11.9. The zero-order chi connectivity index (χ0) is 25.4. The molecule has 0 amide bonds. The van der Waals surface area contributed by atoms with Crippen LogP contribution in [0.3, 0.4) is 0 Å². The molecule has 1 aliphatic heterocycles. The predicted octanol–water partition coefficient (Wildman–Crippen LogP) is 7.47. The molecule has 0 aliphatic carbocycles. The molecular weight excluding hydrogens is 486 g/mol. The lowest BCUT2D eigenvalue weighted by Crippen LogP contribution is -2.24. The average Bonchev–Trinajstić information content (AvgIpc) is 3.37. The maximum atomic E-state index is 13.2. The fourth-order valence-corrected chi connectivity index (χ4v) is 5.83. The number of carbonyl (C=O) groups is 1. The molecule has 0 fully saturated rings. The van der Waals surface area contributed by atoms with Gasteiger partial charge in [0, 0.05) is 40.5 Å². The Morgan fingerprint density at radius 3 is 2.36 bits per heavy atom. The number of nitrogens with zero attached hydrogens (tertiary/aromatic N) is 3. The van der Waals surface area contributed by atoms with Crippen molar-refractivity contribution in [3.8, 4) is 16.9 Å². The summed E-state index contributed by atoms with van der Waals surface area (Å²) in [5.74, 6) is 0.363. The second kappa shape index (κ2) is 9.64. The minimum Gasteiger partial charge on any atom is -0.347 e. The van der Waals surface area contributed by atoms with Crippen LogP contribution in [0.4, 0.5) is 5.69 Å². The number of aryl methyl sites for hydroxylation is 1. The second-order valence-electron chi connectivity index (χ2n) is 9.54. The third-order valence-corrected chi connectivity index (χ3v) is 8.03. The number of thioether (sulfide) groups is 1. The Hall–Kier alpha value is -3.28. The molecule has 0 radical (unpaired) electrons. The molecule has 4 aromatic rings. The summed E-state index contributed by atoms with van der Waals surface area (Å²) in [5.41, 5.74) is 7.32. The molecule has 2 heterocycles. The van der Waals surface area contributed by atoms with Gasteiger partial charge in [0.25, 0.3) is 0 Å². The number of fused-ring (bicyclic) bond motifs is 1. The molecule has 182 valence electrons. The molecule has 36 heavy (non-hydrogen) atoms. The minimum atomic E-state index is -0.229. The SMILES string of the molecule is Cc1ccccc1-n1c(-c2ccc(Cl)cc2)cnc1SCC(=O)C=C1N(C)c2ccccc2C1(C)C. The molecule has 1 aliphatic rings. The number of carbonyl (C=O) groups excluding carboxylic acids is 1. The van der Waals surface area contributed by atoms with Crippen molar-refractivity contribution in [3.05, 3.63) is 107 Å². The summed E-state index contributed by atoms with van der Waals surface area (Å²) in [7, 11) is 2.03. The Kier molecular flexibility index (Phi) is 6.54. The number of aromatic nitrogens is 2. The summed E-state index contributed by atoms with van der Waals surface area (Å²) in [6.45, 7) is 6.43. The van der Waals surface area contributed by atoms with Crippen LogP contribution in [0, 0.1) is 6.92 Å². The first-order chi connectivity index (χ1) is 17.3. The van der Waals surface area contributed by atoms with Crippen LogP contribution in [0.2, 0.25) is 5.02 Å². The van der Waals surface area contributed by atoms with Gasteiger partial charge in [0.1, 0.15) is 0 Å². The first kappa shape index (κ1) is 24.4. The van der Waals surface area contributed by atoms with Crippen molar-refractivity contribution in [3.63, 3.8) is 0 Å². The number of rotatable bonds is 6. The number of ketones is 1. The molecule has 0 atom stereocenters. The molecule has 0 N–H and O–H groups in total. The van der Waals surface area contributed by atoms with E-state index in [4.69, 9.17) is 16.6 Å². The van der Waals surface area contributed by atoms with Gasteiger partial charge in [-0.05, 0) is 42.3 Å². The summed E-state index contributed by atoms with van der Waals surface area (Å²) in [5, 5.41) is 1.47. The predicted molar refractivity (Wildman–Crippen MR) is 150 cm³/mol. The van der Waals surface area contributed by atoms with Gasteiger partial charge in [-0.1, -0.05) is 85.7 Å². The van der Waals surface area contributed by atoms with E-state index in [0.29, 0.717) is 10.8 Å². The van der Waals surface area contributed by atoms with Gasteiger partial charge in [-0.25, -0.2) is 4.98 Å². The first-order valence-corrected chi connectivity index (χ1v) is 13.2. The van der Waals surface area contributed by atoms with Gasteiger partial charge in [-0.15, -0.1) is 0 Å². The molecule has 4 nitrogen and oxygen atoms in total. The molecule has 5 rings (SSSR count). The third-order valence-electron chi connectivity index (χ3n) is 6.81. The molecule has 0 saturated carbocycles. The topological polar surface area (TPSA) is 38.1 Å². The van der Waals surface area contributed by atoms with E-state index < -0.39 is 0 Å². The van der Waals surface area contributed by atoms with Crippen LogP contribution in [-0.4, -0.2) is 28.1 Å². The molecule has 1 aromatic heterocycles. The molecule has 6 heteroatoms. The normalized spacial score (nSPS) is 15.4. The van der Waals surface area contributed by atoms with Crippen molar-refractivity contribution in [1.82, 2.24) is 9.55 Å². The monoisotopic (exact) mass is 513 g/mol. The van der Waals surface area contributed by atoms with Crippen molar-refractivity contribution >= 4 is 34.8 Å². The van der Waals surface area contributed by atoms with E-state index in [1.165, 1.54) is 17.3 Å². The number of hydrogen-bond acceptors (Lipinski definition) is 4. The zero-order valence-electron chi connectivity index (χ0n) is 20.8. The van der Waals surface area contributed by atoms with Crippen LogP contribution >= 0.6 is 23.4 Å². The van der Waals surface area contributed by atoms with Gasteiger partial charge in [0.15, 0.2) is 10.9 Å². The molecule has 0 bridgehead atoms. The van der Waals surface area contributed by atoms with Gasteiger partial charge in [0.05, 0.1) is 23.3 Å². The third kappa shape index (κ3) is 4.38. The second-order valence-corrected chi connectivity index (χ2v) is 10.9. The summed E-state index contributed by atoms with van der Waals surface area (Å²) >= 11 is 7.59. The number of anilines is 1. The lowest BCUT2D eigenvalue weighted by Gasteiger charge is -2.23. The van der Waals surface area contributed by atoms with E-state index in [1.54, 1.807) is 6.08 Å². The highest BCUT2D eigenvalue weighted by molar-refractivity contribution is 7.99. The minimum absolute atomic E-state index is 0.0649. The van der Waals surface area contributed by atoms with Crippen molar-refractivity contribution in [2.75, 3.05) is 17.7 Å². The Balaban J connectivity index is 1.45. The average molecular weight is 514 g/mol. The van der Waals surface area contributed by atoms with Gasteiger partial charge in [0.2, 0.25) is 0 Å². The van der Waals surface area contributed by atoms with E-state index >= 15 is 0 Å². The fraction of sp³-hybridized carbons (Fsp3) is 0.200. The highest BCUT2D eigenvalue weighted by Gasteiger charge is 2.38. The number of allylic oxidation sites excluding steroid dienone is 2. The summed E-state index contributed by atoms with van der Waals surface area (Å²) in [6, 6.07) is 24.3. The Morgan fingerprint density at radius 1 is 1.00 bits per heavy atom. The molecule has 3 aromatic carbocycles. The van der Waals surface area contributed by atoms with E-state index in [1.807, 2.05) is 55.7 Å². The van der Waals surface area contributed by atoms with E-state index in [-0.39, 0.29) is 11.2 Å². The lowest BCUT2D eigenvalue weighted by atomic mass is 9.83. The van der Waals surface area contributed by atoms with Crippen molar-refractivity contribution in [2.24, 2.45) is 0 Å². The number of para-hydroxylation sites is 2. The standard InChI is InChI=1S/C30H28ClN3OS/c1-20-9-5-7-11-25(20)34-27(21-13-15-22(31)16-14-21)18-32-29(34)36-19-23(35)17-28-30(2,3)24-10-6-8-12-26(24)33(28)4/h5-18H,19H2,1-4H3. The van der Waals surface area contributed by atoms with E-state index in [9.17, 15) is 4.79 Å². The number of hydrogen-bond donors (Lipinski definition) is 0. The zero-order valence-corrected chi connectivity index (χ0v) is 22.4. The number of benzene rings is 3. The van der Waals surface area contributed by atoms with Gasteiger partial charge >= 0.3 is 0 Å². The van der Waals surface area contributed by atoms with Gasteiger partial charge < -0.3 is 4.90 Å². The van der Waals surface area contributed by atoms with E-state index in [0.717, 1.165) is 39.0 Å². The quantitative estimate of drug-likeness (QED) is 0.198. The number of likely N-dealkylation sites (N-methyl/N-ethyl adjacent to an activating group) is 1. The number of halogens is 1. The van der Waals surface area contributed by atoms with Crippen LogP contribution in [0.5, 0.6) is 0 Å². The van der Waals surface area contributed by atoms with Crippen LogP contribution in [0.1, 0.15) is 25.0 Å². The maximum absolute atomic E-state index is 13.2.